The van der Waals surface area contributed by atoms with Crippen molar-refractivity contribution in [2.75, 3.05) is 36.1 Å². The van der Waals surface area contributed by atoms with E-state index >= 15 is 0 Å². The van der Waals surface area contributed by atoms with E-state index in [2.05, 4.69) is 61.0 Å². The van der Waals surface area contributed by atoms with Crippen molar-refractivity contribution in [1.29, 1.82) is 0 Å². The van der Waals surface area contributed by atoms with Gasteiger partial charge in [0.05, 0.1) is 18.0 Å². The highest BCUT2D eigenvalue weighted by molar-refractivity contribution is 7.88. The maximum absolute atomic E-state index is 14.3. The molecule has 1 saturated heterocycles. The van der Waals surface area contributed by atoms with Gasteiger partial charge in [-0.25, -0.2) is 32.8 Å². The monoisotopic (exact) mass is 524 g/mol. The molecule has 10 nitrogen and oxygen atoms in total. The zero-order valence-corrected chi connectivity index (χ0v) is 21.9. The van der Waals surface area contributed by atoms with Crippen LogP contribution in [-0.4, -0.2) is 59.0 Å². The van der Waals surface area contributed by atoms with E-state index in [4.69, 9.17) is 0 Å². The summed E-state index contributed by atoms with van der Waals surface area (Å²) in [5, 5.41) is 9.26. The predicted molar refractivity (Wildman–Crippen MR) is 142 cm³/mol. The summed E-state index contributed by atoms with van der Waals surface area (Å²) >= 11 is 0. The summed E-state index contributed by atoms with van der Waals surface area (Å²) in [7, 11) is -1.67. The Morgan fingerprint density at radius 2 is 1.89 bits per heavy atom. The number of pyridine rings is 1. The first-order chi connectivity index (χ1) is 17.6. The minimum atomic E-state index is -3.19. The van der Waals surface area contributed by atoms with Gasteiger partial charge in [0.15, 0.2) is 5.82 Å². The third-order valence-electron chi connectivity index (χ3n) is 6.48. The molecule has 0 spiro atoms. The number of hydrogen-bond donors (Lipinski definition) is 2. The molecule has 1 aliphatic rings. The molecule has 0 amide bonds. The minimum absolute atomic E-state index is 0.226. The highest BCUT2D eigenvalue weighted by Gasteiger charge is 2.29. The number of rotatable bonds is 8. The fourth-order valence-electron chi connectivity index (χ4n) is 4.52. The number of sulfonamides is 1. The van der Waals surface area contributed by atoms with Gasteiger partial charge in [-0.3, -0.25) is 0 Å². The molecule has 12 heteroatoms. The lowest BCUT2D eigenvalue weighted by atomic mass is 9.93. The number of aryl methyl sites for hydroxylation is 1. The molecule has 37 heavy (non-hydrogen) atoms. The molecule has 1 aromatic carbocycles. The fourth-order valence-corrected chi connectivity index (χ4v) is 5.06. The molecule has 0 unspecified atom stereocenters. The van der Waals surface area contributed by atoms with E-state index in [-0.39, 0.29) is 17.3 Å². The minimum Gasteiger partial charge on any atom is -0.370 e. The maximum atomic E-state index is 14.3. The lowest BCUT2D eigenvalue weighted by molar-refractivity contribution is 0.407. The number of aromatic nitrogens is 5. The van der Waals surface area contributed by atoms with Gasteiger partial charge in [0, 0.05) is 56.1 Å². The van der Waals surface area contributed by atoms with Gasteiger partial charge in [0.2, 0.25) is 16.0 Å². The molecule has 0 bridgehead atoms. The predicted octanol–water partition coefficient (Wildman–Crippen LogP) is 3.42. The van der Waals surface area contributed by atoms with E-state index in [0.29, 0.717) is 24.1 Å². The lowest BCUT2D eigenvalue weighted by Gasteiger charge is -2.41. The molecule has 4 heterocycles. The third kappa shape index (κ3) is 5.25. The molecule has 1 aliphatic heterocycles. The Kier molecular flexibility index (Phi) is 6.54. The summed E-state index contributed by atoms with van der Waals surface area (Å²) in [4.78, 5) is 15.5. The second kappa shape index (κ2) is 9.67. The maximum Gasteiger partial charge on any atom is 0.222 e. The average Bonchev–Trinajstić information content (AvgIpc) is 3.15. The number of halogens is 1. The molecule has 1 fully saturated rings. The first-order valence-corrected chi connectivity index (χ1v) is 13.9. The third-order valence-corrected chi connectivity index (χ3v) is 7.18. The van der Waals surface area contributed by atoms with Crippen LogP contribution in [0, 0.1) is 11.9 Å². The van der Waals surface area contributed by atoms with Gasteiger partial charge in [-0.15, -0.1) is 0 Å². The van der Waals surface area contributed by atoms with Crippen molar-refractivity contribution in [2.24, 2.45) is 13.0 Å². The molecule has 5 rings (SSSR count). The van der Waals surface area contributed by atoms with Crippen molar-refractivity contribution in [2.45, 2.75) is 19.8 Å². The molecule has 2 N–H and O–H groups in total. The Hall–Kier alpha value is -3.64. The van der Waals surface area contributed by atoms with E-state index in [1.807, 2.05) is 12.3 Å². The van der Waals surface area contributed by atoms with Gasteiger partial charge in [-0.2, -0.15) is 9.49 Å². The van der Waals surface area contributed by atoms with Crippen LogP contribution in [0.2, 0.25) is 0 Å². The van der Waals surface area contributed by atoms with E-state index < -0.39 is 16.0 Å². The number of fused-ring (bicyclic) bond motifs is 1. The standard InChI is InChI=1S/C25H29FN8O2S/c1-15(2)17-5-6-21(34-13-16(14-34)10-30-37(4,35)36)19-11-28-23(9-18(17)19)31-22-7-8-27-25(32-22)20-12-29-33(3)24(20)26/h5-9,11-12,15-16,30H,10,13-14H2,1-4H3,(H,27,28,31,32). The Labute approximate surface area is 215 Å². The van der Waals surface area contributed by atoms with Crippen LogP contribution in [0.1, 0.15) is 25.3 Å². The van der Waals surface area contributed by atoms with Crippen molar-refractivity contribution in [1.82, 2.24) is 29.5 Å². The van der Waals surface area contributed by atoms with Gasteiger partial charge in [0.1, 0.15) is 11.6 Å². The molecule has 0 aliphatic carbocycles. The number of nitrogens with one attached hydrogen (secondary N) is 2. The second-order valence-electron chi connectivity index (χ2n) is 9.70. The summed E-state index contributed by atoms with van der Waals surface area (Å²) in [6.07, 6.45) is 5.99. The Balaban J connectivity index is 1.41. The summed E-state index contributed by atoms with van der Waals surface area (Å²) in [6.45, 7) is 6.28. The van der Waals surface area contributed by atoms with Gasteiger partial charge in [-0.1, -0.05) is 19.9 Å². The van der Waals surface area contributed by atoms with E-state index in [0.717, 1.165) is 34.2 Å². The van der Waals surface area contributed by atoms with Gasteiger partial charge in [0.25, 0.3) is 0 Å². The fraction of sp³-hybridized carbons (Fsp3) is 0.360. The van der Waals surface area contributed by atoms with Crippen LogP contribution in [-0.2, 0) is 17.1 Å². The van der Waals surface area contributed by atoms with Crippen LogP contribution in [0.3, 0.4) is 0 Å². The van der Waals surface area contributed by atoms with Crippen LogP contribution >= 0.6 is 0 Å². The number of benzene rings is 1. The topological polar surface area (TPSA) is 118 Å². The van der Waals surface area contributed by atoms with E-state index in [1.165, 1.54) is 25.1 Å². The SMILES string of the molecule is CC(C)c1ccc(N2CC(CNS(C)(=O)=O)C2)c2cnc(Nc3ccnc(-c4cnn(C)c4F)n3)cc12. The number of nitrogens with zero attached hydrogens (tertiary/aromatic N) is 6. The van der Waals surface area contributed by atoms with Gasteiger partial charge >= 0.3 is 0 Å². The molecule has 4 aromatic rings. The van der Waals surface area contributed by atoms with Crippen molar-refractivity contribution >= 4 is 38.1 Å². The first-order valence-electron chi connectivity index (χ1n) is 12.0. The zero-order chi connectivity index (χ0) is 26.3. The molecule has 0 saturated carbocycles. The van der Waals surface area contributed by atoms with Crippen LogP contribution in [0.5, 0.6) is 0 Å². The van der Waals surface area contributed by atoms with E-state index in [9.17, 15) is 12.8 Å². The Bertz CT molecular complexity index is 1560. The summed E-state index contributed by atoms with van der Waals surface area (Å²) in [5.41, 5.74) is 2.50. The Morgan fingerprint density at radius 1 is 1.11 bits per heavy atom. The number of anilines is 3. The molecular formula is C25H29FN8O2S. The summed E-state index contributed by atoms with van der Waals surface area (Å²) in [5.74, 6) is 1.40. The largest absolute Gasteiger partial charge is 0.370 e. The lowest BCUT2D eigenvalue weighted by Crippen LogP contribution is -2.51. The van der Waals surface area contributed by atoms with Crippen LogP contribution < -0.4 is 14.9 Å². The van der Waals surface area contributed by atoms with Crippen LogP contribution in [0.4, 0.5) is 21.7 Å². The summed E-state index contributed by atoms with van der Waals surface area (Å²) < 4.78 is 40.9. The quantitative estimate of drug-likeness (QED) is 0.360. The van der Waals surface area contributed by atoms with Crippen LogP contribution in [0.15, 0.2) is 42.9 Å². The number of hydrogen-bond acceptors (Lipinski definition) is 8. The van der Waals surface area contributed by atoms with Crippen molar-refractivity contribution in [3.8, 4) is 11.4 Å². The molecule has 194 valence electrons. The first kappa shape index (κ1) is 25.0. The average molecular weight is 525 g/mol. The molecule has 0 atom stereocenters. The van der Waals surface area contributed by atoms with E-state index in [1.54, 1.807) is 12.3 Å². The van der Waals surface area contributed by atoms with Gasteiger partial charge in [-0.05, 0) is 35.1 Å². The Morgan fingerprint density at radius 3 is 2.57 bits per heavy atom. The highest BCUT2D eigenvalue weighted by Crippen LogP contribution is 2.37. The van der Waals surface area contributed by atoms with Crippen molar-refractivity contribution in [3.05, 3.63) is 54.4 Å². The molecule has 0 radical (unpaired) electrons. The normalized spacial score (nSPS) is 14.4. The molecular weight excluding hydrogens is 495 g/mol. The van der Waals surface area contributed by atoms with Crippen molar-refractivity contribution in [3.63, 3.8) is 0 Å². The smallest absolute Gasteiger partial charge is 0.222 e. The van der Waals surface area contributed by atoms with Crippen molar-refractivity contribution < 1.29 is 12.8 Å². The van der Waals surface area contributed by atoms with Gasteiger partial charge < -0.3 is 10.2 Å². The molecule has 3 aromatic heterocycles. The highest BCUT2D eigenvalue weighted by atomic mass is 32.2. The van der Waals surface area contributed by atoms with Crippen LogP contribution in [0.25, 0.3) is 22.2 Å². The zero-order valence-electron chi connectivity index (χ0n) is 21.1. The summed E-state index contributed by atoms with van der Waals surface area (Å²) in [6, 6.07) is 7.96. The second-order valence-corrected chi connectivity index (χ2v) is 11.5.